The van der Waals surface area contributed by atoms with Gasteiger partial charge in [0.2, 0.25) is 0 Å². The fraction of sp³-hybridized carbons (Fsp3) is 0.692. The Balaban J connectivity index is 2.80. The molecule has 1 aromatic rings. The SMILES string of the molecule is CCCNc1nc(C)nc(NCC(C)CO)c1C. The minimum Gasteiger partial charge on any atom is -0.396 e. The van der Waals surface area contributed by atoms with E-state index in [1.54, 1.807) is 0 Å². The van der Waals surface area contributed by atoms with E-state index in [0.29, 0.717) is 6.54 Å². The molecule has 5 heteroatoms. The molecule has 3 N–H and O–H groups in total. The first-order valence-electron chi connectivity index (χ1n) is 6.52. The minimum absolute atomic E-state index is 0.178. The lowest BCUT2D eigenvalue weighted by molar-refractivity contribution is 0.244. The van der Waals surface area contributed by atoms with Crippen molar-refractivity contribution in [1.29, 1.82) is 0 Å². The Morgan fingerprint density at radius 2 is 1.78 bits per heavy atom. The van der Waals surface area contributed by atoms with E-state index in [9.17, 15) is 0 Å². The van der Waals surface area contributed by atoms with Gasteiger partial charge in [-0.15, -0.1) is 0 Å². The van der Waals surface area contributed by atoms with Crippen molar-refractivity contribution < 1.29 is 5.11 Å². The van der Waals surface area contributed by atoms with Crippen LogP contribution >= 0.6 is 0 Å². The Kier molecular flexibility index (Phi) is 5.85. The molecule has 0 aliphatic rings. The van der Waals surface area contributed by atoms with Gasteiger partial charge in [-0.3, -0.25) is 0 Å². The summed E-state index contributed by atoms with van der Waals surface area (Å²) in [6, 6.07) is 0. The lowest BCUT2D eigenvalue weighted by Gasteiger charge is -2.15. The molecule has 1 rings (SSSR count). The molecular weight excluding hydrogens is 228 g/mol. The Morgan fingerprint density at radius 1 is 1.17 bits per heavy atom. The first-order valence-corrected chi connectivity index (χ1v) is 6.52. The van der Waals surface area contributed by atoms with E-state index in [1.165, 1.54) is 0 Å². The fourth-order valence-corrected chi connectivity index (χ4v) is 1.55. The smallest absolute Gasteiger partial charge is 0.134 e. The van der Waals surface area contributed by atoms with Gasteiger partial charge in [0.15, 0.2) is 0 Å². The quantitative estimate of drug-likeness (QED) is 0.692. The van der Waals surface area contributed by atoms with E-state index in [4.69, 9.17) is 5.11 Å². The number of aromatic nitrogens is 2. The first kappa shape index (κ1) is 14.7. The molecule has 0 spiro atoms. The van der Waals surface area contributed by atoms with E-state index in [2.05, 4.69) is 27.5 Å². The zero-order chi connectivity index (χ0) is 13.5. The van der Waals surface area contributed by atoms with Crippen LogP contribution in [0.25, 0.3) is 0 Å². The first-order chi connectivity index (χ1) is 8.58. The van der Waals surface area contributed by atoms with Gasteiger partial charge in [0.05, 0.1) is 0 Å². The van der Waals surface area contributed by atoms with Crippen LogP contribution in [0.3, 0.4) is 0 Å². The van der Waals surface area contributed by atoms with Gasteiger partial charge in [0.1, 0.15) is 17.5 Å². The number of aliphatic hydroxyl groups excluding tert-OH is 1. The van der Waals surface area contributed by atoms with Gasteiger partial charge < -0.3 is 15.7 Å². The predicted octanol–water partition coefficient (Wildman–Crippen LogP) is 1.96. The van der Waals surface area contributed by atoms with Crippen molar-refractivity contribution in [2.75, 3.05) is 30.3 Å². The highest BCUT2D eigenvalue weighted by Gasteiger charge is 2.09. The highest BCUT2D eigenvalue weighted by Crippen LogP contribution is 2.20. The minimum atomic E-state index is 0.178. The van der Waals surface area contributed by atoms with Crippen LogP contribution in [0, 0.1) is 19.8 Å². The molecular formula is C13H24N4O. The van der Waals surface area contributed by atoms with Gasteiger partial charge in [-0.1, -0.05) is 13.8 Å². The second-order valence-corrected chi connectivity index (χ2v) is 4.69. The van der Waals surface area contributed by atoms with Crippen LogP contribution in [0.15, 0.2) is 0 Å². The summed E-state index contributed by atoms with van der Waals surface area (Å²) in [5.74, 6) is 2.70. The third-order valence-corrected chi connectivity index (χ3v) is 2.73. The monoisotopic (exact) mass is 252 g/mol. The highest BCUT2D eigenvalue weighted by molar-refractivity contribution is 5.57. The zero-order valence-electron chi connectivity index (χ0n) is 11.7. The summed E-state index contributed by atoms with van der Waals surface area (Å²) in [6.45, 7) is 9.80. The van der Waals surface area contributed by atoms with Crippen molar-refractivity contribution in [3.8, 4) is 0 Å². The standard InChI is InChI=1S/C13H24N4O/c1-5-6-14-12-10(3)13(17-11(4)16-12)15-7-9(2)8-18/h9,18H,5-8H2,1-4H3,(H2,14,15,16,17). The maximum atomic E-state index is 9.02. The zero-order valence-corrected chi connectivity index (χ0v) is 11.7. The molecule has 0 saturated carbocycles. The van der Waals surface area contributed by atoms with Crippen molar-refractivity contribution in [1.82, 2.24) is 9.97 Å². The van der Waals surface area contributed by atoms with Crippen molar-refractivity contribution in [2.24, 2.45) is 5.92 Å². The molecule has 1 unspecified atom stereocenters. The second kappa shape index (κ2) is 7.16. The summed E-state index contributed by atoms with van der Waals surface area (Å²) in [5, 5.41) is 15.6. The maximum absolute atomic E-state index is 9.02. The molecule has 0 bridgehead atoms. The summed E-state index contributed by atoms with van der Waals surface area (Å²) >= 11 is 0. The Morgan fingerprint density at radius 3 is 2.33 bits per heavy atom. The predicted molar refractivity (Wildman–Crippen MR) is 75.0 cm³/mol. The van der Waals surface area contributed by atoms with Crippen LogP contribution in [0.2, 0.25) is 0 Å². The lowest BCUT2D eigenvalue weighted by Crippen LogP contribution is -2.17. The molecule has 0 aliphatic heterocycles. The number of nitrogens with zero attached hydrogens (tertiary/aromatic N) is 2. The van der Waals surface area contributed by atoms with Crippen LogP contribution in [-0.2, 0) is 0 Å². The molecule has 0 amide bonds. The summed E-state index contributed by atoms with van der Waals surface area (Å²) < 4.78 is 0. The van der Waals surface area contributed by atoms with E-state index in [1.807, 2.05) is 20.8 Å². The number of aryl methyl sites for hydroxylation is 1. The molecule has 0 saturated heterocycles. The number of hydrogen-bond acceptors (Lipinski definition) is 5. The summed E-state index contributed by atoms with van der Waals surface area (Å²) in [5.41, 5.74) is 1.03. The summed E-state index contributed by atoms with van der Waals surface area (Å²) in [4.78, 5) is 8.81. The molecule has 5 nitrogen and oxygen atoms in total. The molecule has 102 valence electrons. The topological polar surface area (TPSA) is 70.1 Å². The number of rotatable bonds is 7. The Bertz CT molecular complexity index is 381. The maximum Gasteiger partial charge on any atom is 0.134 e. The molecule has 1 aromatic heterocycles. The van der Waals surface area contributed by atoms with Gasteiger partial charge in [0.25, 0.3) is 0 Å². The van der Waals surface area contributed by atoms with Gasteiger partial charge in [-0.25, -0.2) is 9.97 Å². The summed E-state index contributed by atoms with van der Waals surface area (Å²) in [6.07, 6.45) is 1.06. The van der Waals surface area contributed by atoms with Crippen molar-refractivity contribution in [3.63, 3.8) is 0 Å². The van der Waals surface area contributed by atoms with Gasteiger partial charge in [-0.05, 0) is 26.2 Å². The average Bonchev–Trinajstić information content (AvgIpc) is 2.37. The number of aliphatic hydroxyl groups is 1. The Labute approximate surface area is 109 Å². The molecule has 0 aromatic carbocycles. The van der Waals surface area contributed by atoms with E-state index < -0.39 is 0 Å². The van der Waals surface area contributed by atoms with Crippen LogP contribution < -0.4 is 10.6 Å². The summed E-state index contributed by atoms with van der Waals surface area (Å²) in [7, 11) is 0. The Hall–Kier alpha value is -1.36. The van der Waals surface area contributed by atoms with Crippen LogP contribution in [0.1, 0.15) is 31.7 Å². The molecule has 18 heavy (non-hydrogen) atoms. The second-order valence-electron chi connectivity index (χ2n) is 4.69. The lowest BCUT2D eigenvalue weighted by atomic mass is 10.2. The van der Waals surface area contributed by atoms with Crippen molar-refractivity contribution >= 4 is 11.6 Å². The third kappa shape index (κ3) is 4.14. The van der Waals surface area contributed by atoms with Crippen molar-refractivity contribution in [3.05, 3.63) is 11.4 Å². The van der Waals surface area contributed by atoms with Crippen LogP contribution in [0.5, 0.6) is 0 Å². The molecule has 1 atom stereocenters. The van der Waals surface area contributed by atoms with Crippen LogP contribution in [0.4, 0.5) is 11.6 Å². The van der Waals surface area contributed by atoms with E-state index in [0.717, 1.165) is 36.0 Å². The van der Waals surface area contributed by atoms with Crippen LogP contribution in [-0.4, -0.2) is 34.8 Å². The molecule has 0 aliphatic carbocycles. The third-order valence-electron chi connectivity index (χ3n) is 2.73. The molecule has 0 fully saturated rings. The fourth-order valence-electron chi connectivity index (χ4n) is 1.55. The van der Waals surface area contributed by atoms with Crippen molar-refractivity contribution in [2.45, 2.75) is 34.1 Å². The number of hydrogen-bond donors (Lipinski definition) is 3. The van der Waals surface area contributed by atoms with E-state index in [-0.39, 0.29) is 12.5 Å². The molecule has 1 heterocycles. The number of anilines is 2. The van der Waals surface area contributed by atoms with E-state index >= 15 is 0 Å². The van der Waals surface area contributed by atoms with Gasteiger partial charge in [-0.2, -0.15) is 0 Å². The molecule has 0 radical (unpaired) electrons. The number of nitrogens with one attached hydrogen (secondary N) is 2. The average molecular weight is 252 g/mol. The highest BCUT2D eigenvalue weighted by atomic mass is 16.3. The normalized spacial score (nSPS) is 12.3. The van der Waals surface area contributed by atoms with Gasteiger partial charge >= 0.3 is 0 Å². The largest absolute Gasteiger partial charge is 0.396 e. The van der Waals surface area contributed by atoms with Gasteiger partial charge in [0, 0.05) is 25.3 Å².